The Morgan fingerprint density at radius 2 is 1.95 bits per heavy atom. The molecule has 7 heteroatoms. The summed E-state index contributed by atoms with van der Waals surface area (Å²) in [5.74, 6) is 0.0594. The van der Waals surface area contributed by atoms with Crippen LogP contribution in [0.4, 0.5) is 0 Å². The van der Waals surface area contributed by atoms with Crippen LogP contribution in [0, 0.1) is 5.92 Å². The number of hydrogen-bond donors (Lipinski definition) is 2. The average molecular weight is 326 g/mol. The van der Waals surface area contributed by atoms with Crippen molar-refractivity contribution in [3.63, 3.8) is 0 Å². The van der Waals surface area contributed by atoms with E-state index in [1.165, 1.54) is 10.6 Å². The largest absolute Gasteiger partial charge is 0.508 e. The molecule has 0 saturated carbocycles. The second-order valence-electron chi connectivity index (χ2n) is 5.61. The standard InChI is InChI=1S/C15H22N2O4S/c1-22(20,21)17-10-7-13(8-11-17)15(19)16-9-6-12-4-2-3-5-14(12)18/h2-5,13,18H,6-11H2,1H3,(H,16,19). The lowest BCUT2D eigenvalue weighted by molar-refractivity contribution is -0.126. The second-order valence-corrected chi connectivity index (χ2v) is 7.59. The zero-order valence-electron chi connectivity index (χ0n) is 12.7. The van der Waals surface area contributed by atoms with Gasteiger partial charge in [0.15, 0.2) is 0 Å². The Morgan fingerprint density at radius 1 is 1.32 bits per heavy atom. The minimum Gasteiger partial charge on any atom is -0.508 e. The first-order valence-electron chi connectivity index (χ1n) is 7.37. The highest BCUT2D eigenvalue weighted by atomic mass is 32.2. The van der Waals surface area contributed by atoms with Crippen molar-refractivity contribution < 1.29 is 18.3 Å². The number of phenolic OH excluding ortho intramolecular Hbond substituents is 1. The van der Waals surface area contributed by atoms with Crippen molar-refractivity contribution in [3.8, 4) is 5.75 Å². The Labute approximate surface area is 131 Å². The zero-order valence-corrected chi connectivity index (χ0v) is 13.5. The van der Waals surface area contributed by atoms with Crippen LogP contribution in [-0.2, 0) is 21.2 Å². The molecular formula is C15H22N2O4S. The summed E-state index contributed by atoms with van der Waals surface area (Å²) >= 11 is 0. The molecule has 6 nitrogen and oxygen atoms in total. The highest BCUT2D eigenvalue weighted by Gasteiger charge is 2.28. The zero-order chi connectivity index (χ0) is 16.2. The number of amides is 1. The quantitative estimate of drug-likeness (QED) is 0.835. The number of aromatic hydroxyl groups is 1. The highest BCUT2D eigenvalue weighted by molar-refractivity contribution is 7.88. The predicted octanol–water partition coefficient (Wildman–Crippen LogP) is 0.723. The van der Waals surface area contributed by atoms with E-state index in [0.717, 1.165) is 5.56 Å². The van der Waals surface area contributed by atoms with Gasteiger partial charge in [0.25, 0.3) is 0 Å². The van der Waals surface area contributed by atoms with E-state index in [1.807, 2.05) is 12.1 Å². The fraction of sp³-hybridized carbons (Fsp3) is 0.533. The third-order valence-electron chi connectivity index (χ3n) is 3.98. The molecule has 122 valence electrons. The molecule has 0 spiro atoms. The van der Waals surface area contributed by atoms with Crippen molar-refractivity contribution in [2.45, 2.75) is 19.3 Å². The fourth-order valence-electron chi connectivity index (χ4n) is 2.64. The van der Waals surface area contributed by atoms with Gasteiger partial charge in [-0.1, -0.05) is 18.2 Å². The Balaban J connectivity index is 1.76. The molecule has 1 fully saturated rings. The van der Waals surface area contributed by atoms with Gasteiger partial charge >= 0.3 is 0 Å². The van der Waals surface area contributed by atoms with Gasteiger partial charge < -0.3 is 10.4 Å². The van der Waals surface area contributed by atoms with Crippen LogP contribution in [0.3, 0.4) is 0 Å². The van der Waals surface area contributed by atoms with Crippen LogP contribution in [0.2, 0.25) is 0 Å². The summed E-state index contributed by atoms with van der Waals surface area (Å²) < 4.78 is 24.3. The lowest BCUT2D eigenvalue weighted by Crippen LogP contribution is -2.42. The van der Waals surface area contributed by atoms with Crippen LogP contribution in [0.25, 0.3) is 0 Å². The molecule has 22 heavy (non-hydrogen) atoms. The first-order valence-corrected chi connectivity index (χ1v) is 9.22. The van der Waals surface area contributed by atoms with Crippen LogP contribution in [0.1, 0.15) is 18.4 Å². The van der Waals surface area contributed by atoms with Crippen LogP contribution < -0.4 is 5.32 Å². The van der Waals surface area contributed by atoms with Gasteiger partial charge in [0.2, 0.25) is 15.9 Å². The monoisotopic (exact) mass is 326 g/mol. The molecule has 1 aliphatic rings. The van der Waals surface area contributed by atoms with Crippen molar-refractivity contribution in [2.24, 2.45) is 5.92 Å². The Kier molecular flexibility index (Phi) is 5.42. The molecule has 0 radical (unpaired) electrons. The maximum Gasteiger partial charge on any atom is 0.223 e. The number of benzene rings is 1. The molecule has 1 aromatic carbocycles. The van der Waals surface area contributed by atoms with Crippen molar-refractivity contribution in [2.75, 3.05) is 25.9 Å². The number of para-hydroxylation sites is 1. The van der Waals surface area contributed by atoms with Gasteiger partial charge in [-0.25, -0.2) is 12.7 Å². The number of phenols is 1. The number of nitrogens with one attached hydrogen (secondary N) is 1. The fourth-order valence-corrected chi connectivity index (χ4v) is 3.51. The van der Waals surface area contributed by atoms with E-state index in [9.17, 15) is 18.3 Å². The smallest absolute Gasteiger partial charge is 0.223 e. The van der Waals surface area contributed by atoms with Crippen molar-refractivity contribution in [3.05, 3.63) is 29.8 Å². The number of carbonyl (C=O) groups is 1. The lowest BCUT2D eigenvalue weighted by Gasteiger charge is -2.29. The van der Waals surface area contributed by atoms with Gasteiger partial charge in [0.05, 0.1) is 6.26 Å². The number of carbonyl (C=O) groups excluding carboxylic acids is 1. The van der Waals surface area contributed by atoms with Crippen molar-refractivity contribution >= 4 is 15.9 Å². The third-order valence-corrected chi connectivity index (χ3v) is 5.28. The SMILES string of the molecule is CS(=O)(=O)N1CCC(C(=O)NCCc2ccccc2O)CC1. The molecule has 1 heterocycles. The number of nitrogens with zero attached hydrogens (tertiary/aromatic N) is 1. The van der Waals surface area contributed by atoms with Gasteiger partial charge in [0.1, 0.15) is 5.75 Å². The molecule has 2 rings (SSSR count). The van der Waals surface area contributed by atoms with Gasteiger partial charge in [-0.15, -0.1) is 0 Å². The van der Waals surface area contributed by atoms with Gasteiger partial charge in [-0.2, -0.15) is 0 Å². The number of hydrogen-bond acceptors (Lipinski definition) is 4. The number of sulfonamides is 1. The Morgan fingerprint density at radius 3 is 2.55 bits per heavy atom. The molecule has 1 saturated heterocycles. The van der Waals surface area contributed by atoms with Gasteiger partial charge in [-0.3, -0.25) is 4.79 Å². The molecule has 1 aromatic rings. The summed E-state index contributed by atoms with van der Waals surface area (Å²) in [6.07, 6.45) is 2.87. The van der Waals surface area contributed by atoms with Crippen LogP contribution in [0.15, 0.2) is 24.3 Å². The van der Waals surface area contributed by atoms with E-state index < -0.39 is 10.0 Å². The van der Waals surface area contributed by atoms with Crippen LogP contribution in [0.5, 0.6) is 5.75 Å². The number of piperidine rings is 1. The topological polar surface area (TPSA) is 86.7 Å². The maximum absolute atomic E-state index is 12.1. The predicted molar refractivity (Wildman–Crippen MR) is 84.0 cm³/mol. The maximum atomic E-state index is 12.1. The molecule has 0 aliphatic carbocycles. The van der Waals surface area contributed by atoms with E-state index in [-0.39, 0.29) is 17.6 Å². The highest BCUT2D eigenvalue weighted by Crippen LogP contribution is 2.19. The second kappa shape index (κ2) is 7.11. The molecule has 0 aromatic heterocycles. The molecule has 2 N–H and O–H groups in total. The Hall–Kier alpha value is -1.60. The van der Waals surface area contributed by atoms with E-state index in [0.29, 0.717) is 38.9 Å². The number of rotatable bonds is 5. The minimum atomic E-state index is -3.16. The van der Waals surface area contributed by atoms with E-state index in [2.05, 4.69) is 5.32 Å². The summed E-state index contributed by atoms with van der Waals surface area (Å²) in [6, 6.07) is 7.05. The summed E-state index contributed by atoms with van der Waals surface area (Å²) in [7, 11) is -3.16. The molecule has 0 unspecified atom stereocenters. The molecule has 0 bridgehead atoms. The van der Waals surface area contributed by atoms with Crippen molar-refractivity contribution in [1.29, 1.82) is 0 Å². The average Bonchev–Trinajstić information content (AvgIpc) is 2.48. The van der Waals surface area contributed by atoms with Crippen molar-refractivity contribution in [1.82, 2.24) is 9.62 Å². The molecule has 1 aliphatic heterocycles. The molecule has 1 amide bonds. The first-order chi connectivity index (χ1) is 10.4. The Bertz CT molecular complexity index is 622. The van der Waals surface area contributed by atoms with E-state index in [1.54, 1.807) is 12.1 Å². The summed E-state index contributed by atoms with van der Waals surface area (Å²) in [5.41, 5.74) is 0.801. The normalized spacial score (nSPS) is 17.3. The van der Waals surface area contributed by atoms with E-state index >= 15 is 0 Å². The summed E-state index contributed by atoms with van der Waals surface area (Å²) in [4.78, 5) is 12.1. The van der Waals surface area contributed by atoms with Crippen LogP contribution >= 0.6 is 0 Å². The third kappa shape index (κ3) is 4.45. The van der Waals surface area contributed by atoms with Gasteiger partial charge in [0, 0.05) is 25.6 Å². The molecule has 0 atom stereocenters. The minimum absolute atomic E-state index is 0.0384. The first kappa shape index (κ1) is 16.8. The lowest BCUT2D eigenvalue weighted by atomic mass is 9.97. The summed E-state index contributed by atoms with van der Waals surface area (Å²) in [5, 5.41) is 12.5. The summed E-state index contributed by atoms with van der Waals surface area (Å²) in [6.45, 7) is 1.26. The van der Waals surface area contributed by atoms with E-state index in [4.69, 9.17) is 0 Å². The molecular weight excluding hydrogens is 304 g/mol. The van der Waals surface area contributed by atoms with Crippen LogP contribution in [-0.4, -0.2) is 49.6 Å². The van der Waals surface area contributed by atoms with Gasteiger partial charge in [-0.05, 0) is 30.9 Å².